The lowest BCUT2D eigenvalue weighted by Crippen LogP contribution is -1.98. The van der Waals surface area contributed by atoms with Gasteiger partial charge in [-0.1, -0.05) is 0 Å². The van der Waals surface area contributed by atoms with Crippen molar-refractivity contribution in [3.05, 3.63) is 0 Å². The Morgan fingerprint density at radius 2 is 1.54 bits per heavy atom. The summed E-state index contributed by atoms with van der Waals surface area (Å²) in [5.41, 5.74) is 0. The molecule has 0 amide bonds. The number of methoxy groups -OCH3 is 2. The zero-order valence-electron chi connectivity index (χ0n) is 8.75. The number of hydrogen-bond acceptors (Lipinski definition) is 4. The lowest BCUT2D eigenvalue weighted by Gasteiger charge is -1.89. The van der Waals surface area contributed by atoms with Crippen LogP contribution in [0.15, 0.2) is 0 Å². The smallest absolute Gasteiger partial charge is 0.155 e. The molecular weight excluding hydrogens is 172 g/mol. The summed E-state index contributed by atoms with van der Waals surface area (Å²) in [5, 5.41) is 0. The third-order valence-corrected chi connectivity index (χ3v) is 1.01. The summed E-state index contributed by atoms with van der Waals surface area (Å²) in [4.78, 5) is 20.0. The number of rotatable bonds is 5. The summed E-state index contributed by atoms with van der Waals surface area (Å²) in [6.07, 6.45) is 0.538. The molecule has 0 saturated heterocycles. The summed E-state index contributed by atoms with van der Waals surface area (Å²) >= 11 is 0. The summed E-state index contributed by atoms with van der Waals surface area (Å²) in [6, 6.07) is 0. The molecule has 4 heteroatoms. The zero-order chi connectivity index (χ0) is 10.7. The monoisotopic (exact) mass is 190 g/mol. The molecular formula is C9H18O4. The van der Waals surface area contributed by atoms with E-state index in [1.807, 2.05) is 0 Å². The van der Waals surface area contributed by atoms with Crippen LogP contribution < -0.4 is 0 Å². The van der Waals surface area contributed by atoms with Gasteiger partial charge in [0, 0.05) is 20.6 Å². The van der Waals surface area contributed by atoms with Crippen molar-refractivity contribution in [1.82, 2.24) is 0 Å². The maximum absolute atomic E-state index is 10.1. The van der Waals surface area contributed by atoms with Gasteiger partial charge >= 0.3 is 0 Å². The van der Waals surface area contributed by atoms with Crippen molar-refractivity contribution in [2.24, 2.45) is 0 Å². The Balaban J connectivity index is 0. The van der Waals surface area contributed by atoms with Crippen molar-refractivity contribution in [2.45, 2.75) is 20.3 Å². The van der Waals surface area contributed by atoms with Crippen molar-refractivity contribution in [3.8, 4) is 0 Å². The Morgan fingerprint density at radius 1 is 1.00 bits per heavy atom. The molecule has 0 aromatic carbocycles. The number of Topliss-reactive ketones (excluding diaryl/α,β-unsaturated/α-hetero) is 2. The fourth-order valence-electron chi connectivity index (χ4n) is 0.449. The van der Waals surface area contributed by atoms with Gasteiger partial charge in [0.2, 0.25) is 0 Å². The van der Waals surface area contributed by atoms with Crippen molar-refractivity contribution in [1.29, 1.82) is 0 Å². The molecule has 0 saturated carbocycles. The zero-order valence-corrected chi connectivity index (χ0v) is 8.75. The third-order valence-electron chi connectivity index (χ3n) is 1.01. The minimum Gasteiger partial charge on any atom is -0.384 e. The third kappa shape index (κ3) is 24.6. The number of carbonyl (C=O) groups excluding carboxylic acids is 2. The first-order valence-corrected chi connectivity index (χ1v) is 4.01. The van der Waals surface area contributed by atoms with Crippen LogP contribution in [0.2, 0.25) is 0 Å². The number of ketones is 2. The fourth-order valence-corrected chi connectivity index (χ4v) is 0.449. The second-order valence-corrected chi connectivity index (χ2v) is 2.58. The average molecular weight is 190 g/mol. The van der Waals surface area contributed by atoms with E-state index in [0.29, 0.717) is 13.0 Å². The van der Waals surface area contributed by atoms with Crippen LogP contribution in [-0.4, -0.2) is 39.0 Å². The van der Waals surface area contributed by atoms with E-state index < -0.39 is 0 Å². The summed E-state index contributed by atoms with van der Waals surface area (Å²) in [6.45, 7) is 3.83. The summed E-state index contributed by atoms with van der Waals surface area (Å²) in [5.74, 6) is 0.249. The van der Waals surface area contributed by atoms with E-state index in [1.165, 1.54) is 14.0 Å². The molecule has 0 aliphatic heterocycles. The highest BCUT2D eigenvalue weighted by molar-refractivity contribution is 5.76. The van der Waals surface area contributed by atoms with E-state index in [-0.39, 0.29) is 18.2 Å². The molecule has 0 unspecified atom stereocenters. The highest BCUT2D eigenvalue weighted by Crippen LogP contribution is 1.79. The molecule has 0 fully saturated rings. The molecule has 0 rings (SSSR count). The maximum atomic E-state index is 10.1. The molecule has 0 aliphatic carbocycles. The fraction of sp³-hybridized carbons (Fsp3) is 0.778. The van der Waals surface area contributed by atoms with Crippen LogP contribution in [-0.2, 0) is 19.1 Å². The van der Waals surface area contributed by atoms with E-state index in [0.717, 1.165) is 0 Å². The van der Waals surface area contributed by atoms with Crippen LogP contribution in [0.4, 0.5) is 0 Å². The molecule has 0 aliphatic rings. The predicted molar refractivity (Wildman–Crippen MR) is 49.7 cm³/mol. The predicted octanol–water partition coefficient (Wildman–Crippen LogP) is 0.834. The number of hydrogen-bond donors (Lipinski definition) is 0. The first-order chi connectivity index (χ1) is 6.04. The van der Waals surface area contributed by atoms with E-state index >= 15 is 0 Å². The van der Waals surface area contributed by atoms with E-state index in [4.69, 9.17) is 0 Å². The average Bonchev–Trinajstić information content (AvgIpc) is 2.01. The van der Waals surface area contributed by atoms with E-state index in [2.05, 4.69) is 9.47 Å². The molecule has 0 N–H and O–H groups in total. The first-order valence-electron chi connectivity index (χ1n) is 4.01. The topological polar surface area (TPSA) is 52.6 Å². The van der Waals surface area contributed by atoms with Crippen LogP contribution in [0.25, 0.3) is 0 Å². The number of carbonyl (C=O) groups is 2. The first kappa shape index (κ1) is 14.8. The normalized spacial score (nSPS) is 8.62. The highest BCUT2D eigenvalue weighted by atomic mass is 16.5. The molecule has 0 spiro atoms. The van der Waals surface area contributed by atoms with Crippen molar-refractivity contribution >= 4 is 11.6 Å². The van der Waals surface area contributed by atoms with Gasteiger partial charge in [-0.2, -0.15) is 0 Å². The lowest BCUT2D eigenvalue weighted by atomic mass is 10.3. The minimum atomic E-state index is 0.0671. The van der Waals surface area contributed by atoms with E-state index in [1.54, 1.807) is 14.0 Å². The Labute approximate surface area is 79.2 Å². The maximum Gasteiger partial charge on any atom is 0.155 e. The van der Waals surface area contributed by atoms with Crippen LogP contribution in [0.1, 0.15) is 20.3 Å². The van der Waals surface area contributed by atoms with Gasteiger partial charge in [-0.3, -0.25) is 9.59 Å². The van der Waals surface area contributed by atoms with Crippen LogP contribution in [0, 0.1) is 0 Å². The van der Waals surface area contributed by atoms with Gasteiger partial charge in [-0.25, -0.2) is 0 Å². The molecule has 0 bridgehead atoms. The van der Waals surface area contributed by atoms with Gasteiger partial charge in [0.15, 0.2) is 5.78 Å². The van der Waals surface area contributed by atoms with Gasteiger partial charge < -0.3 is 9.47 Å². The Bertz CT molecular complexity index is 143. The molecule has 0 atom stereocenters. The summed E-state index contributed by atoms with van der Waals surface area (Å²) in [7, 11) is 3.09. The molecule has 78 valence electrons. The highest BCUT2D eigenvalue weighted by Gasteiger charge is 1.87. The SMILES string of the molecule is COCC(C)=O.COCCC(C)=O. The van der Waals surface area contributed by atoms with Gasteiger partial charge in [-0.05, 0) is 13.8 Å². The van der Waals surface area contributed by atoms with E-state index in [9.17, 15) is 9.59 Å². The van der Waals surface area contributed by atoms with Crippen molar-refractivity contribution < 1.29 is 19.1 Å². The molecule has 0 radical (unpaired) electrons. The van der Waals surface area contributed by atoms with Crippen molar-refractivity contribution in [3.63, 3.8) is 0 Å². The minimum absolute atomic E-state index is 0.0671. The number of ether oxygens (including phenoxy) is 2. The largest absolute Gasteiger partial charge is 0.384 e. The van der Waals surface area contributed by atoms with Gasteiger partial charge in [0.1, 0.15) is 12.4 Å². The second-order valence-electron chi connectivity index (χ2n) is 2.58. The lowest BCUT2D eigenvalue weighted by molar-refractivity contribution is -0.120. The Morgan fingerprint density at radius 3 is 1.62 bits per heavy atom. The van der Waals surface area contributed by atoms with Crippen LogP contribution in [0.5, 0.6) is 0 Å². The quantitative estimate of drug-likeness (QED) is 0.644. The van der Waals surface area contributed by atoms with Gasteiger partial charge in [0.05, 0.1) is 6.61 Å². The Kier molecular flexibility index (Phi) is 12.8. The van der Waals surface area contributed by atoms with Gasteiger partial charge in [-0.15, -0.1) is 0 Å². The molecule has 0 aromatic rings. The second kappa shape index (κ2) is 11.3. The van der Waals surface area contributed by atoms with Gasteiger partial charge in [0.25, 0.3) is 0 Å². The molecule has 0 aromatic heterocycles. The molecule has 0 heterocycles. The standard InChI is InChI=1S/C5H10O2.C4H8O2/c1-5(6)3-4-7-2;1-4(5)3-6-2/h3-4H2,1-2H3;3H2,1-2H3. The van der Waals surface area contributed by atoms with Crippen LogP contribution >= 0.6 is 0 Å². The van der Waals surface area contributed by atoms with Crippen molar-refractivity contribution in [2.75, 3.05) is 27.4 Å². The molecule has 4 nitrogen and oxygen atoms in total. The summed E-state index contributed by atoms with van der Waals surface area (Å²) < 4.78 is 9.09. The Hall–Kier alpha value is -0.740. The van der Waals surface area contributed by atoms with Crippen LogP contribution in [0.3, 0.4) is 0 Å². The molecule has 13 heavy (non-hydrogen) atoms.